The molecule has 11 heavy (non-hydrogen) atoms. The Morgan fingerprint density at radius 3 is 2.55 bits per heavy atom. The van der Waals surface area contributed by atoms with E-state index in [4.69, 9.17) is 5.73 Å². The lowest BCUT2D eigenvalue weighted by atomic mass is 10.1. The average molecular weight is 155 g/mol. The summed E-state index contributed by atoms with van der Waals surface area (Å²) in [5.41, 5.74) is 5.63. The van der Waals surface area contributed by atoms with Crippen LogP contribution in [0.3, 0.4) is 0 Å². The van der Waals surface area contributed by atoms with Gasteiger partial charge in [-0.15, -0.1) is 0 Å². The SMILES string of the molecule is CCN=C=NC(N)CC(C)C. The van der Waals surface area contributed by atoms with Crippen LogP contribution in [0.25, 0.3) is 0 Å². The van der Waals surface area contributed by atoms with Crippen molar-refractivity contribution < 1.29 is 0 Å². The Labute approximate surface area is 68.4 Å². The zero-order valence-corrected chi connectivity index (χ0v) is 7.54. The van der Waals surface area contributed by atoms with Crippen molar-refractivity contribution in [1.29, 1.82) is 0 Å². The van der Waals surface area contributed by atoms with Gasteiger partial charge in [-0.2, -0.15) is 0 Å². The molecule has 3 heteroatoms. The van der Waals surface area contributed by atoms with Crippen molar-refractivity contribution in [3.05, 3.63) is 0 Å². The fourth-order valence-electron chi connectivity index (χ4n) is 0.721. The fraction of sp³-hybridized carbons (Fsp3) is 0.875. The number of aliphatic imine (C=N–C) groups is 2. The van der Waals surface area contributed by atoms with E-state index in [0.29, 0.717) is 5.92 Å². The van der Waals surface area contributed by atoms with Gasteiger partial charge >= 0.3 is 0 Å². The summed E-state index contributed by atoms with van der Waals surface area (Å²) in [6.07, 6.45) is 0.761. The summed E-state index contributed by atoms with van der Waals surface area (Å²) in [6, 6.07) is 2.57. The highest BCUT2D eigenvalue weighted by molar-refractivity contribution is 5.41. The molecule has 0 rings (SSSR count). The maximum atomic E-state index is 5.63. The summed E-state index contributed by atoms with van der Waals surface area (Å²) in [5, 5.41) is 0. The van der Waals surface area contributed by atoms with Gasteiger partial charge in [0, 0.05) is 6.54 Å². The van der Waals surface area contributed by atoms with Gasteiger partial charge in [0.2, 0.25) is 0 Å². The number of rotatable bonds is 4. The fourth-order valence-corrected chi connectivity index (χ4v) is 0.721. The van der Waals surface area contributed by atoms with Gasteiger partial charge in [0.1, 0.15) is 6.17 Å². The van der Waals surface area contributed by atoms with Crippen molar-refractivity contribution in [2.75, 3.05) is 6.54 Å². The molecular weight excluding hydrogens is 138 g/mol. The first-order valence-corrected chi connectivity index (χ1v) is 4.03. The molecule has 0 spiro atoms. The van der Waals surface area contributed by atoms with Crippen LogP contribution in [0.4, 0.5) is 0 Å². The van der Waals surface area contributed by atoms with E-state index in [1.807, 2.05) is 6.92 Å². The van der Waals surface area contributed by atoms with Crippen molar-refractivity contribution in [2.45, 2.75) is 33.4 Å². The van der Waals surface area contributed by atoms with E-state index >= 15 is 0 Å². The molecule has 1 atom stereocenters. The molecule has 0 heterocycles. The Bertz CT molecular complexity index is 145. The summed E-state index contributed by atoms with van der Waals surface area (Å²) in [6.45, 7) is 6.90. The van der Waals surface area contributed by atoms with E-state index < -0.39 is 0 Å². The Hall–Kier alpha value is -0.660. The number of nitrogens with two attached hydrogens (primary N) is 1. The lowest BCUT2D eigenvalue weighted by Crippen LogP contribution is -2.18. The van der Waals surface area contributed by atoms with Crippen molar-refractivity contribution in [2.24, 2.45) is 21.6 Å². The molecule has 0 aliphatic rings. The Morgan fingerprint density at radius 2 is 2.09 bits per heavy atom. The molecule has 0 aromatic rings. The van der Waals surface area contributed by atoms with Crippen LogP contribution in [0.2, 0.25) is 0 Å². The maximum Gasteiger partial charge on any atom is 0.108 e. The van der Waals surface area contributed by atoms with Crippen LogP contribution in [-0.2, 0) is 0 Å². The van der Waals surface area contributed by atoms with E-state index in [2.05, 4.69) is 29.8 Å². The van der Waals surface area contributed by atoms with Crippen LogP contribution in [0.1, 0.15) is 27.2 Å². The molecular formula is C8H17N3. The first-order chi connectivity index (χ1) is 5.16. The van der Waals surface area contributed by atoms with Crippen molar-refractivity contribution in [3.8, 4) is 0 Å². The van der Waals surface area contributed by atoms with Gasteiger partial charge in [0.05, 0.1) is 6.01 Å². The van der Waals surface area contributed by atoms with Crippen LogP contribution in [-0.4, -0.2) is 18.7 Å². The maximum absolute atomic E-state index is 5.63. The van der Waals surface area contributed by atoms with Gasteiger partial charge in [-0.25, -0.2) is 9.98 Å². The molecule has 2 N–H and O–H groups in total. The van der Waals surface area contributed by atoms with Crippen LogP contribution < -0.4 is 5.73 Å². The molecule has 0 fully saturated rings. The highest BCUT2D eigenvalue weighted by Gasteiger charge is 2.00. The third-order valence-corrected chi connectivity index (χ3v) is 1.17. The Balaban J connectivity index is 3.67. The first kappa shape index (κ1) is 10.3. The minimum atomic E-state index is -0.134. The highest BCUT2D eigenvalue weighted by atomic mass is 14.9. The van der Waals surface area contributed by atoms with Gasteiger partial charge in [-0.1, -0.05) is 13.8 Å². The summed E-state index contributed by atoms with van der Waals surface area (Å²) < 4.78 is 0. The van der Waals surface area contributed by atoms with Gasteiger partial charge < -0.3 is 5.73 Å². The molecule has 0 aliphatic carbocycles. The molecule has 64 valence electrons. The predicted molar refractivity (Wildman–Crippen MR) is 47.8 cm³/mol. The normalized spacial score (nSPS) is 12.5. The average Bonchev–Trinajstić information content (AvgIpc) is 1.86. The Kier molecular flexibility index (Phi) is 5.71. The zero-order chi connectivity index (χ0) is 8.69. The first-order valence-electron chi connectivity index (χ1n) is 4.03. The molecule has 0 amide bonds. The molecule has 0 radical (unpaired) electrons. The van der Waals surface area contributed by atoms with E-state index in [9.17, 15) is 0 Å². The third-order valence-electron chi connectivity index (χ3n) is 1.17. The van der Waals surface area contributed by atoms with Crippen LogP contribution in [0.5, 0.6) is 0 Å². The molecule has 3 nitrogen and oxygen atoms in total. The quantitative estimate of drug-likeness (QED) is 0.615. The topological polar surface area (TPSA) is 50.7 Å². The second-order valence-electron chi connectivity index (χ2n) is 2.90. The van der Waals surface area contributed by atoms with E-state index in [1.54, 1.807) is 0 Å². The van der Waals surface area contributed by atoms with Gasteiger partial charge in [-0.05, 0) is 19.3 Å². The van der Waals surface area contributed by atoms with Crippen molar-refractivity contribution >= 4 is 6.01 Å². The second-order valence-corrected chi connectivity index (χ2v) is 2.90. The van der Waals surface area contributed by atoms with Gasteiger partial charge in [0.15, 0.2) is 0 Å². The molecule has 0 saturated carbocycles. The van der Waals surface area contributed by atoms with Gasteiger partial charge in [-0.3, -0.25) is 0 Å². The minimum absolute atomic E-state index is 0.134. The molecule has 0 saturated heterocycles. The second kappa shape index (κ2) is 6.08. The zero-order valence-electron chi connectivity index (χ0n) is 7.54. The van der Waals surface area contributed by atoms with E-state index in [0.717, 1.165) is 13.0 Å². The van der Waals surface area contributed by atoms with Crippen LogP contribution in [0.15, 0.2) is 9.98 Å². The summed E-state index contributed by atoms with van der Waals surface area (Å²) in [5.74, 6) is 0.581. The number of hydrogen-bond acceptors (Lipinski definition) is 3. The van der Waals surface area contributed by atoms with Crippen molar-refractivity contribution in [1.82, 2.24) is 0 Å². The lowest BCUT2D eigenvalue weighted by molar-refractivity contribution is 0.509. The number of hydrogen-bond donors (Lipinski definition) is 1. The lowest BCUT2D eigenvalue weighted by Gasteiger charge is -2.05. The monoisotopic (exact) mass is 155 g/mol. The molecule has 0 aromatic heterocycles. The summed E-state index contributed by atoms with van der Waals surface area (Å²) >= 11 is 0. The standard InChI is InChI=1S/C8H17N3/c1-4-10-6-11-8(9)5-7(2)3/h7-8H,4-5,9H2,1-3H3. The predicted octanol–water partition coefficient (Wildman–Crippen LogP) is 1.51. The van der Waals surface area contributed by atoms with E-state index in [1.165, 1.54) is 0 Å². The van der Waals surface area contributed by atoms with Crippen LogP contribution >= 0.6 is 0 Å². The third kappa shape index (κ3) is 7.23. The van der Waals surface area contributed by atoms with Crippen molar-refractivity contribution in [3.63, 3.8) is 0 Å². The summed E-state index contributed by atoms with van der Waals surface area (Å²) in [7, 11) is 0. The molecule has 1 unspecified atom stereocenters. The van der Waals surface area contributed by atoms with E-state index in [-0.39, 0.29) is 6.17 Å². The van der Waals surface area contributed by atoms with Gasteiger partial charge in [0.25, 0.3) is 0 Å². The highest BCUT2D eigenvalue weighted by Crippen LogP contribution is 2.02. The largest absolute Gasteiger partial charge is 0.309 e. The smallest absolute Gasteiger partial charge is 0.108 e. The minimum Gasteiger partial charge on any atom is -0.309 e. The summed E-state index contributed by atoms with van der Waals surface area (Å²) in [4.78, 5) is 7.74. The van der Waals surface area contributed by atoms with Crippen LogP contribution in [0, 0.1) is 5.92 Å². The number of nitrogens with zero attached hydrogens (tertiary/aromatic N) is 2. The Morgan fingerprint density at radius 1 is 1.45 bits per heavy atom. The molecule has 0 bridgehead atoms. The molecule has 0 aromatic carbocycles. The molecule has 0 aliphatic heterocycles.